The van der Waals surface area contributed by atoms with Crippen LogP contribution in [0.2, 0.25) is 0 Å². The fourth-order valence-corrected chi connectivity index (χ4v) is 3.74. The van der Waals surface area contributed by atoms with E-state index in [0.717, 1.165) is 44.7 Å². The van der Waals surface area contributed by atoms with Gasteiger partial charge >= 0.3 is 6.18 Å². The van der Waals surface area contributed by atoms with Crippen LogP contribution in [0.4, 0.5) is 18.9 Å². The number of fused-ring (bicyclic) bond motifs is 3. The lowest BCUT2D eigenvalue weighted by Gasteiger charge is -2.11. The van der Waals surface area contributed by atoms with Gasteiger partial charge in [-0.25, -0.2) is 9.97 Å². The molecule has 0 aliphatic heterocycles. The fourth-order valence-electron chi connectivity index (χ4n) is 3.74. The van der Waals surface area contributed by atoms with Crippen LogP contribution in [0.3, 0.4) is 0 Å². The molecule has 0 aliphatic carbocycles. The number of amides is 1. The second-order valence-electron chi connectivity index (χ2n) is 7.61. The molecule has 6 nitrogen and oxygen atoms in total. The van der Waals surface area contributed by atoms with E-state index in [1.165, 1.54) is 12.5 Å². The number of nitrogens with one attached hydrogen (secondary N) is 2. The number of pyridine rings is 1. The van der Waals surface area contributed by atoms with Gasteiger partial charge in [-0.3, -0.25) is 9.78 Å². The number of anilines is 1. The van der Waals surface area contributed by atoms with Crippen LogP contribution in [-0.4, -0.2) is 25.8 Å². The Morgan fingerprint density at radius 2 is 1.82 bits per heavy atom. The van der Waals surface area contributed by atoms with Crippen LogP contribution in [0.15, 0.2) is 67.4 Å². The minimum absolute atomic E-state index is 0.0300. The summed E-state index contributed by atoms with van der Waals surface area (Å²) in [5, 5.41) is 4.39. The van der Waals surface area contributed by atoms with Crippen molar-refractivity contribution in [3.63, 3.8) is 0 Å². The van der Waals surface area contributed by atoms with Gasteiger partial charge in [0.25, 0.3) is 5.91 Å². The standard InChI is InChI=1S/C24H16F3N5O/c1-13-2-3-15(23(33)31-17-8-16(9-28-10-17)24(25,26)27)6-19(13)14-4-5-18-20-11-29-12-30-22(20)32-21(18)7-14/h2-12H,1H3,(H,31,33)(H,29,30,32). The third-order valence-electron chi connectivity index (χ3n) is 5.41. The van der Waals surface area contributed by atoms with Gasteiger partial charge in [-0.2, -0.15) is 13.2 Å². The smallest absolute Gasteiger partial charge is 0.339 e. The highest BCUT2D eigenvalue weighted by Gasteiger charge is 2.31. The number of carbonyl (C=O) groups is 1. The second kappa shape index (κ2) is 7.70. The average molecular weight is 447 g/mol. The number of hydrogen-bond donors (Lipinski definition) is 2. The first-order valence-electron chi connectivity index (χ1n) is 9.96. The summed E-state index contributed by atoms with van der Waals surface area (Å²) in [4.78, 5) is 27.9. The van der Waals surface area contributed by atoms with Crippen molar-refractivity contribution in [3.8, 4) is 11.1 Å². The van der Waals surface area contributed by atoms with Crippen molar-refractivity contribution in [2.45, 2.75) is 13.1 Å². The molecule has 0 unspecified atom stereocenters. The molecule has 164 valence electrons. The summed E-state index contributed by atoms with van der Waals surface area (Å²) in [6, 6.07) is 11.9. The van der Waals surface area contributed by atoms with Crippen LogP contribution in [0.5, 0.6) is 0 Å². The van der Waals surface area contributed by atoms with Gasteiger partial charge in [-0.15, -0.1) is 0 Å². The maximum atomic E-state index is 12.9. The van der Waals surface area contributed by atoms with E-state index in [4.69, 9.17) is 0 Å². The number of aromatic amines is 1. The molecule has 0 saturated heterocycles. The van der Waals surface area contributed by atoms with E-state index in [-0.39, 0.29) is 5.69 Å². The van der Waals surface area contributed by atoms with Gasteiger partial charge in [-0.1, -0.05) is 18.2 Å². The predicted molar refractivity (Wildman–Crippen MR) is 119 cm³/mol. The highest BCUT2D eigenvalue weighted by molar-refractivity contribution is 6.07. The summed E-state index contributed by atoms with van der Waals surface area (Å²) in [7, 11) is 0. The molecule has 0 aliphatic rings. The van der Waals surface area contributed by atoms with Crippen molar-refractivity contribution in [3.05, 3.63) is 84.1 Å². The van der Waals surface area contributed by atoms with Crippen molar-refractivity contribution in [1.29, 1.82) is 0 Å². The third-order valence-corrected chi connectivity index (χ3v) is 5.41. The topological polar surface area (TPSA) is 83.6 Å². The van der Waals surface area contributed by atoms with Gasteiger partial charge in [0.1, 0.15) is 12.0 Å². The first-order chi connectivity index (χ1) is 15.8. The lowest BCUT2D eigenvalue weighted by atomic mass is 9.97. The Morgan fingerprint density at radius 1 is 0.970 bits per heavy atom. The molecule has 3 aromatic heterocycles. The quantitative estimate of drug-likeness (QED) is 0.369. The van der Waals surface area contributed by atoms with Gasteiger partial charge in [0.15, 0.2) is 0 Å². The lowest BCUT2D eigenvalue weighted by molar-refractivity contribution is -0.137. The maximum Gasteiger partial charge on any atom is 0.417 e. The van der Waals surface area contributed by atoms with Gasteiger partial charge in [-0.05, 0) is 47.9 Å². The van der Waals surface area contributed by atoms with Gasteiger partial charge < -0.3 is 10.3 Å². The van der Waals surface area contributed by atoms with E-state index in [1.807, 2.05) is 25.1 Å². The number of H-pyrrole nitrogens is 1. The van der Waals surface area contributed by atoms with Crippen LogP contribution < -0.4 is 5.32 Å². The molecule has 0 atom stereocenters. The Kier molecular flexibility index (Phi) is 4.81. The van der Waals surface area contributed by atoms with E-state index in [0.29, 0.717) is 11.8 Å². The Morgan fingerprint density at radius 3 is 2.64 bits per heavy atom. The van der Waals surface area contributed by atoms with Crippen molar-refractivity contribution < 1.29 is 18.0 Å². The molecule has 1 amide bonds. The minimum atomic E-state index is -4.54. The molecule has 0 fully saturated rings. The highest BCUT2D eigenvalue weighted by atomic mass is 19.4. The van der Waals surface area contributed by atoms with Crippen LogP contribution in [0.25, 0.3) is 33.1 Å². The molecule has 5 rings (SSSR count). The molecule has 2 aromatic carbocycles. The van der Waals surface area contributed by atoms with Crippen molar-refractivity contribution in [1.82, 2.24) is 19.9 Å². The lowest BCUT2D eigenvalue weighted by Crippen LogP contribution is -2.14. The molecule has 3 heterocycles. The predicted octanol–water partition coefficient (Wildman–Crippen LogP) is 5.75. The van der Waals surface area contributed by atoms with Crippen molar-refractivity contribution in [2.24, 2.45) is 0 Å². The third kappa shape index (κ3) is 3.89. The molecule has 0 spiro atoms. The zero-order chi connectivity index (χ0) is 23.2. The van der Waals surface area contributed by atoms with Crippen molar-refractivity contribution >= 4 is 33.5 Å². The number of hydrogen-bond acceptors (Lipinski definition) is 4. The Labute approximate surface area is 185 Å². The number of alkyl halides is 3. The molecule has 0 saturated carbocycles. The summed E-state index contributed by atoms with van der Waals surface area (Å²) in [5.41, 5.74) is 3.63. The first-order valence-corrected chi connectivity index (χ1v) is 9.96. The van der Waals surface area contributed by atoms with E-state index < -0.39 is 17.6 Å². The molecule has 0 bridgehead atoms. The van der Waals surface area contributed by atoms with Crippen LogP contribution in [0.1, 0.15) is 21.5 Å². The largest absolute Gasteiger partial charge is 0.417 e. The van der Waals surface area contributed by atoms with E-state index in [2.05, 4.69) is 25.3 Å². The summed E-state index contributed by atoms with van der Waals surface area (Å²) < 4.78 is 38.8. The summed E-state index contributed by atoms with van der Waals surface area (Å²) in [6.07, 6.45) is 0.572. The molecule has 5 aromatic rings. The van der Waals surface area contributed by atoms with Gasteiger partial charge in [0, 0.05) is 34.2 Å². The Bertz CT molecular complexity index is 1520. The zero-order valence-corrected chi connectivity index (χ0v) is 17.2. The van der Waals surface area contributed by atoms with Gasteiger partial charge in [0.05, 0.1) is 17.4 Å². The normalized spacial score (nSPS) is 11.8. The van der Waals surface area contributed by atoms with E-state index in [9.17, 15) is 18.0 Å². The average Bonchev–Trinajstić information content (AvgIpc) is 3.17. The zero-order valence-electron chi connectivity index (χ0n) is 17.2. The fraction of sp³-hybridized carbons (Fsp3) is 0.0833. The molecule has 0 radical (unpaired) electrons. The highest BCUT2D eigenvalue weighted by Crippen LogP contribution is 2.32. The Hall–Kier alpha value is -4.27. The first kappa shape index (κ1) is 20.6. The number of nitrogens with zero attached hydrogens (tertiary/aromatic N) is 3. The maximum absolute atomic E-state index is 12.9. The molecular weight excluding hydrogens is 431 g/mol. The number of aromatic nitrogens is 4. The number of rotatable bonds is 3. The van der Waals surface area contributed by atoms with Crippen LogP contribution >= 0.6 is 0 Å². The Balaban J connectivity index is 1.48. The summed E-state index contributed by atoms with van der Waals surface area (Å²) in [5.74, 6) is -0.528. The molecule has 33 heavy (non-hydrogen) atoms. The monoisotopic (exact) mass is 447 g/mol. The summed E-state index contributed by atoms with van der Waals surface area (Å²) >= 11 is 0. The van der Waals surface area contributed by atoms with E-state index >= 15 is 0 Å². The SMILES string of the molecule is Cc1ccc(C(=O)Nc2cncc(C(F)(F)F)c2)cc1-c1ccc2c(c1)[nH]c1ncncc12. The molecule has 9 heteroatoms. The number of benzene rings is 2. The number of halogens is 3. The number of aryl methyl sites for hydroxylation is 1. The molecule has 2 N–H and O–H groups in total. The van der Waals surface area contributed by atoms with Crippen molar-refractivity contribution in [2.75, 3.05) is 5.32 Å². The number of carbonyl (C=O) groups excluding carboxylic acids is 1. The minimum Gasteiger partial charge on any atom is -0.339 e. The molecular formula is C24H16F3N5O. The second-order valence-corrected chi connectivity index (χ2v) is 7.61. The van der Waals surface area contributed by atoms with Crippen LogP contribution in [-0.2, 0) is 6.18 Å². The van der Waals surface area contributed by atoms with E-state index in [1.54, 1.807) is 24.4 Å². The van der Waals surface area contributed by atoms with Crippen LogP contribution in [0, 0.1) is 6.92 Å². The van der Waals surface area contributed by atoms with Gasteiger partial charge in [0.2, 0.25) is 0 Å². The summed E-state index contributed by atoms with van der Waals surface area (Å²) in [6.45, 7) is 1.93.